The van der Waals surface area contributed by atoms with E-state index in [0.29, 0.717) is 0 Å². The Balaban J connectivity index is 0.650. The molecular formula is C91H60N2. The zero-order valence-electron chi connectivity index (χ0n) is 51.0. The van der Waals surface area contributed by atoms with Crippen molar-refractivity contribution in [3.8, 4) is 100 Å². The van der Waals surface area contributed by atoms with Crippen molar-refractivity contribution >= 4 is 43.6 Å². The predicted molar refractivity (Wildman–Crippen MR) is 390 cm³/mol. The van der Waals surface area contributed by atoms with Gasteiger partial charge in [0.2, 0.25) is 0 Å². The van der Waals surface area contributed by atoms with Crippen molar-refractivity contribution in [3.05, 3.63) is 386 Å². The first-order chi connectivity index (χ1) is 46.1. The molecule has 0 radical (unpaired) electrons. The number of hydrogen-bond donors (Lipinski definition) is 0. The van der Waals surface area contributed by atoms with Crippen LogP contribution in [0.3, 0.4) is 0 Å². The molecule has 0 saturated carbocycles. The lowest BCUT2D eigenvalue weighted by Gasteiger charge is -2.34. The number of fused-ring (bicyclic) bond motifs is 9. The van der Waals surface area contributed by atoms with Crippen LogP contribution in [0.15, 0.2) is 364 Å². The molecule has 0 amide bonds. The second kappa shape index (κ2) is 22.1. The molecule has 0 spiro atoms. The maximum absolute atomic E-state index is 2.46. The highest BCUT2D eigenvalue weighted by Gasteiger charge is 2.46. The van der Waals surface area contributed by atoms with Crippen LogP contribution < -0.4 is 0 Å². The minimum atomic E-state index is -0.529. The molecule has 17 aromatic rings. The van der Waals surface area contributed by atoms with Gasteiger partial charge in [0.1, 0.15) is 0 Å². The molecule has 0 unspecified atom stereocenters. The average Bonchev–Trinajstić information content (AvgIpc) is 1.56. The van der Waals surface area contributed by atoms with Crippen molar-refractivity contribution in [1.82, 2.24) is 9.13 Å². The molecule has 0 bridgehead atoms. The lowest BCUT2D eigenvalue weighted by Crippen LogP contribution is -2.28. The summed E-state index contributed by atoms with van der Waals surface area (Å²) in [5.74, 6) is 0. The van der Waals surface area contributed by atoms with Gasteiger partial charge in [-0.15, -0.1) is 0 Å². The van der Waals surface area contributed by atoms with Gasteiger partial charge in [0.15, 0.2) is 0 Å². The molecule has 0 fully saturated rings. The average molecular weight is 1180 g/mol. The fourth-order valence-corrected chi connectivity index (χ4v) is 15.3. The highest BCUT2D eigenvalue weighted by Crippen LogP contribution is 2.57. The lowest BCUT2D eigenvalue weighted by atomic mass is 9.67. The van der Waals surface area contributed by atoms with Gasteiger partial charge in [-0.1, -0.05) is 297 Å². The van der Waals surface area contributed by atoms with E-state index in [4.69, 9.17) is 0 Å². The highest BCUT2D eigenvalue weighted by atomic mass is 15.0. The molecule has 93 heavy (non-hydrogen) atoms. The maximum atomic E-state index is 2.46. The van der Waals surface area contributed by atoms with Gasteiger partial charge in [-0.3, -0.25) is 0 Å². The first kappa shape index (κ1) is 53.9. The van der Waals surface area contributed by atoms with Gasteiger partial charge in [-0.05, 0) is 172 Å². The van der Waals surface area contributed by atoms with Crippen LogP contribution in [-0.2, 0) is 5.41 Å². The Hall–Kier alpha value is -12.1. The second-order valence-corrected chi connectivity index (χ2v) is 24.7. The van der Waals surface area contributed by atoms with Crippen LogP contribution in [0, 0.1) is 0 Å². The van der Waals surface area contributed by atoms with E-state index in [1.54, 1.807) is 0 Å². The summed E-state index contributed by atoms with van der Waals surface area (Å²) in [6.07, 6.45) is 0. The van der Waals surface area contributed by atoms with Gasteiger partial charge in [-0.25, -0.2) is 0 Å². The van der Waals surface area contributed by atoms with Gasteiger partial charge in [0, 0.05) is 32.8 Å². The Morgan fingerprint density at radius 2 is 0.538 bits per heavy atom. The van der Waals surface area contributed by atoms with Crippen LogP contribution in [0.5, 0.6) is 0 Å². The molecular weight excluding hydrogens is 1120 g/mol. The molecule has 1 aliphatic carbocycles. The molecule has 2 heteroatoms. The summed E-state index contributed by atoms with van der Waals surface area (Å²) in [7, 11) is 0. The van der Waals surface area contributed by atoms with E-state index in [-0.39, 0.29) is 0 Å². The zero-order valence-corrected chi connectivity index (χ0v) is 51.0. The molecule has 1 aliphatic rings. The molecule has 18 rings (SSSR count). The Kier molecular flexibility index (Phi) is 12.8. The monoisotopic (exact) mass is 1180 g/mol. The summed E-state index contributed by atoms with van der Waals surface area (Å²) >= 11 is 0. The third-order valence-corrected chi connectivity index (χ3v) is 19.7. The first-order valence-electron chi connectivity index (χ1n) is 32.2. The third kappa shape index (κ3) is 8.94. The summed E-state index contributed by atoms with van der Waals surface area (Å²) in [6, 6.07) is 135. The van der Waals surface area contributed by atoms with Crippen LogP contribution in [0.25, 0.3) is 144 Å². The van der Waals surface area contributed by atoms with Crippen LogP contribution >= 0.6 is 0 Å². The van der Waals surface area contributed by atoms with Crippen molar-refractivity contribution in [2.75, 3.05) is 0 Å². The second-order valence-electron chi connectivity index (χ2n) is 24.7. The standard InChI is InChI=1S/C91H60N2/c1-3-19-61(20-4-1)65-47-53-76(54-48-65)92-87-35-15-10-30-80(87)82-59-72(49-55-89(82)92)73-50-56-90-83(60-73)81-31-11-16-36-88(81)93(90)86-34-14-9-27-77(86)68-43-41-64(42-44-68)63-37-39-66(40-38-63)71-25-18-26-75(58-71)91(84-32-12-7-28-78(84)79-29-8-13-33-85(79)91)74-51-45-67(46-52-74)70-24-17-23-69(57-70)62-21-5-2-6-22-62/h1-60H. The number of nitrogens with zero attached hydrogens (tertiary/aromatic N) is 2. The fourth-order valence-electron chi connectivity index (χ4n) is 15.3. The third-order valence-electron chi connectivity index (χ3n) is 19.7. The molecule has 0 atom stereocenters. The molecule has 434 valence electrons. The number of benzene rings is 15. The summed E-state index contributed by atoms with van der Waals surface area (Å²) in [6.45, 7) is 0. The molecule has 0 N–H and O–H groups in total. The van der Waals surface area contributed by atoms with Crippen molar-refractivity contribution in [3.63, 3.8) is 0 Å². The van der Waals surface area contributed by atoms with E-state index in [0.717, 1.165) is 11.4 Å². The van der Waals surface area contributed by atoms with Crippen molar-refractivity contribution in [2.24, 2.45) is 0 Å². The van der Waals surface area contributed by atoms with E-state index in [1.807, 2.05) is 0 Å². The van der Waals surface area contributed by atoms with E-state index in [1.165, 1.54) is 155 Å². The summed E-state index contributed by atoms with van der Waals surface area (Å²) < 4.78 is 4.86. The van der Waals surface area contributed by atoms with Crippen LogP contribution in [0.1, 0.15) is 22.3 Å². The van der Waals surface area contributed by atoms with Gasteiger partial charge >= 0.3 is 0 Å². The van der Waals surface area contributed by atoms with Crippen molar-refractivity contribution < 1.29 is 0 Å². The summed E-state index contributed by atoms with van der Waals surface area (Å²) in [4.78, 5) is 0. The lowest BCUT2D eigenvalue weighted by molar-refractivity contribution is 0.769. The molecule has 0 saturated heterocycles. The minimum Gasteiger partial charge on any atom is -0.309 e. The zero-order chi connectivity index (χ0) is 61.4. The van der Waals surface area contributed by atoms with E-state index < -0.39 is 5.41 Å². The predicted octanol–water partition coefficient (Wildman–Crippen LogP) is 23.9. The van der Waals surface area contributed by atoms with Crippen molar-refractivity contribution in [1.29, 1.82) is 0 Å². The van der Waals surface area contributed by atoms with Crippen LogP contribution in [-0.4, -0.2) is 9.13 Å². The first-order valence-corrected chi connectivity index (χ1v) is 32.2. The Labute approximate surface area is 541 Å². The Morgan fingerprint density at radius 3 is 1.11 bits per heavy atom. The van der Waals surface area contributed by atoms with Crippen LogP contribution in [0.4, 0.5) is 0 Å². The minimum absolute atomic E-state index is 0.529. The quantitative estimate of drug-likeness (QED) is 0.122. The molecule has 2 nitrogen and oxygen atoms in total. The SMILES string of the molecule is c1ccc(-c2ccc(-n3c4ccccc4c4cc(-c5ccc6c(c5)c5ccccc5n6-c5ccccc5-c5ccc(-c6ccc(-c7cccc(C8(c9ccc(-c%10cccc(-c%11ccccc%11)c%10)cc9)c9ccccc9-c9ccccc98)c7)cc6)cc5)ccc43)cc2)cc1. The normalized spacial score (nSPS) is 12.4. The van der Waals surface area contributed by atoms with Gasteiger partial charge in [0.25, 0.3) is 0 Å². The van der Waals surface area contributed by atoms with Gasteiger partial charge < -0.3 is 9.13 Å². The molecule has 15 aromatic carbocycles. The number of hydrogen-bond acceptors (Lipinski definition) is 0. The van der Waals surface area contributed by atoms with Gasteiger partial charge in [-0.2, -0.15) is 0 Å². The largest absolute Gasteiger partial charge is 0.309 e. The molecule has 2 aromatic heterocycles. The molecule has 2 heterocycles. The highest BCUT2D eigenvalue weighted by molar-refractivity contribution is 6.13. The van der Waals surface area contributed by atoms with E-state index in [2.05, 4.69) is 373 Å². The molecule has 0 aliphatic heterocycles. The summed E-state index contributed by atoms with van der Waals surface area (Å²) in [5.41, 5.74) is 30.9. The summed E-state index contributed by atoms with van der Waals surface area (Å²) in [5, 5.41) is 4.94. The number of rotatable bonds is 11. The smallest absolute Gasteiger partial charge is 0.0713 e. The topological polar surface area (TPSA) is 9.86 Å². The fraction of sp³-hybridized carbons (Fsp3) is 0.0110. The van der Waals surface area contributed by atoms with Crippen molar-refractivity contribution in [2.45, 2.75) is 5.41 Å². The van der Waals surface area contributed by atoms with E-state index >= 15 is 0 Å². The van der Waals surface area contributed by atoms with Gasteiger partial charge in [0.05, 0.1) is 33.2 Å². The Bertz CT molecular complexity index is 5650. The number of aromatic nitrogens is 2. The van der Waals surface area contributed by atoms with E-state index in [9.17, 15) is 0 Å². The Morgan fingerprint density at radius 1 is 0.183 bits per heavy atom. The van der Waals surface area contributed by atoms with Crippen LogP contribution in [0.2, 0.25) is 0 Å². The maximum Gasteiger partial charge on any atom is 0.0713 e. The number of para-hydroxylation sites is 3.